The van der Waals surface area contributed by atoms with Gasteiger partial charge >= 0.3 is 6.03 Å². The molecule has 1 saturated heterocycles. The van der Waals surface area contributed by atoms with E-state index in [2.05, 4.69) is 27.6 Å². The first-order chi connectivity index (χ1) is 20.6. The van der Waals surface area contributed by atoms with Crippen molar-refractivity contribution in [2.45, 2.75) is 42.4 Å². The average Bonchev–Trinajstić information content (AvgIpc) is 3.70. The maximum absolute atomic E-state index is 13.9. The second kappa shape index (κ2) is 11.2. The molecule has 4 aromatic rings. The molecule has 1 aliphatic heterocycles. The predicted octanol–water partition coefficient (Wildman–Crippen LogP) is 5.99. The minimum absolute atomic E-state index is 0.0594. The fourth-order valence-corrected chi connectivity index (χ4v) is 7.69. The van der Waals surface area contributed by atoms with Crippen molar-refractivity contribution in [3.05, 3.63) is 78.0 Å². The lowest BCUT2D eigenvalue weighted by Crippen LogP contribution is -2.44. The molecule has 1 atom stereocenters. The third-order valence-electron chi connectivity index (χ3n) is 7.90. The normalized spacial score (nSPS) is 18.3. The molecule has 11 nitrogen and oxygen atoms in total. The molecular weight excluding hydrogens is 573 g/mol. The van der Waals surface area contributed by atoms with Crippen LogP contribution in [0.5, 0.6) is 0 Å². The van der Waals surface area contributed by atoms with E-state index in [1.165, 1.54) is 18.2 Å². The van der Waals surface area contributed by atoms with Crippen molar-refractivity contribution in [1.82, 2.24) is 19.7 Å². The van der Waals surface area contributed by atoms with Gasteiger partial charge in [-0.15, -0.1) is 0 Å². The summed E-state index contributed by atoms with van der Waals surface area (Å²) in [5.74, 6) is 0.669. The van der Waals surface area contributed by atoms with Crippen LogP contribution in [0.25, 0.3) is 11.4 Å². The molecule has 0 spiro atoms. The third kappa shape index (κ3) is 5.68. The van der Waals surface area contributed by atoms with Crippen LogP contribution in [-0.4, -0.2) is 60.7 Å². The number of halogens is 1. The highest BCUT2D eigenvalue weighted by Gasteiger charge is 2.58. The Morgan fingerprint density at radius 2 is 1.84 bits per heavy atom. The van der Waals surface area contributed by atoms with Crippen molar-refractivity contribution in [2.75, 3.05) is 35.3 Å². The Morgan fingerprint density at radius 3 is 2.49 bits per heavy atom. The van der Waals surface area contributed by atoms with E-state index in [9.17, 15) is 18.3 Å². The highest BCUT2D eigenvalue weighted by Crippen LogP contribution is 2.75. The Labute approximate surface area is 250 Å². The van der Waals surface area contributed by atoms with Gasteiger partial charge in [0.15, 0.2) is 5.82 Å². The second-order valence-electron chi connectivity index (χ2n) is 11.1. The summed E-state index contributed by atoms with van der Waals surface area (Å²) >= 11 is 0. The average molecular weight is 608 g/mol. The van der Waals surface area contributed by atoms with Crippen molar-refractivity contribution in [3.63, 3.8) is 0 Å². The minimum atomic E-state index is -3.39. The van der Waals surface area contributed by atoms with Gasteiger partial charge in [0.25, 0.3) is 0 Å². The van der Waals surface area contributed by atoms with Crippen LogP contribution in [-0.2, 0) is 16.5 Å². The summed E-state index contributed by atoms with van der Waals surface area (Å²) in [5, 5.41) is 9.57. The molecular formula is C30H34FN7O4S. The number of rotatable bonds is 7. The molecule has 2 aromatic carbocycles. The van der Waals surface area contributed by atoms with E-state index in [1.807, 2.05) is 18.2 Å². The number of urea groups is 1. The van der Waals surface area contributed by atoms with Crippen molar-refractivity contribution in [1.29, 1.82) is 0 Å². The number of nitrogens with zero attached hydrogens (tertiary/aromatic N) is 5. The smallest absolute Gasteiger partial charge is 0.323 e. The molecule has 2 aromatic heterocycles. The van der Waals surface area contributed by atoms with Gasteiger partial charge in [-0.1, -0.05) is 0 Å². The number of aromatic nitrogens is 4. The van der Waals surface area contributed by atoms with Gasteiger partial charge in [-0.2, -0.15) is 15.7 Å². The van der Waals surface area contributed by atoms with Crippen molar-refractivity contribution < 1.29 is 23.0 Å². The van der Waals surface area contributed by atoms with Crippen LogP contribution in [0.2, 0.25) is 0 Å². The van der Waals surface area contributed by atoms with E-state index in [1.54, 1.807) is 43.2 Å². The number of ether oxygens (including phenoxy) is 1. The molecule has 6 rings (SSSR count). The highest BCUT2D eigenvalue weighted by atomic mass is 32.3. The van der Waals surface area contributed by atoms with Gasteiger partial charge < -0.3 is 20.3 Å². The summed E-state index contributed by atoms with van der Waals surface area (Å²) in [5.41, 5.74) is 2.86. The summed E-state index contributed by atoms with van der Waals surface area (Å²) in [6.07, 6.45) is 4.30. The topological polar surface area (TPSA) is 138 Å². The number of amides is 2. The van der Waals surface area contributed by atoms with E-state index in [-0.39, 0.29) is 6.04 Å². The van der Waals surface area contributed by atoms with E-state index in [0.717, 1.165) is 0 Å². The molecule has 43 heavy (non-hydrogen) atoms. The summed E-state index contributed by atoms with van der Waals surface area (Å²) in [6, 6.07) is 12.7. The zero-order valence-electron chi connectivity index (χ0n) is 24.1. The molecule has 0 unspecified atom stereocenters. The lowest BCUT2D eigenvalue weighted by atomic mass is 10.1. The van der Waals surface area contributed by atoms with Gasteiger partial charge in [0.05, 0.1) is 41.7 Å². The van der Waals surface area contributed by atoms with Crippen LogP contribution in [0.1, 0.15) is 31.0 Å². The molecule has 2 aliphatic rings. The fourth-order valence-electron chi connectivity index (χ4n) is 5.44. The van der Waals surface area contributed by atoms with Gasteiger partial charge in [-0.3, -0.25) is 13.8 Å². The van der Waals surface area contributed by atoms with Crippen LogP contribution < -0.4 is 15.5 Å². The number of carbonyl (C=O) groups is 1. The van der Waals surface area contributed by atoms with E-state index >= 15 is 0 Å². The van der Waals surface area contributed by atoms with Gasteiger partial charge in [0.1, 0.15) is 16.4 Å². The number of aryl methyl sites for hydroxylation is 2. The summed E-state index contributed by atoms with van der Waals surface area (Å²) in [6.45, 7) is 5.47. The van der Waals surface area contributed by atoms with Crippen LogP contribution in [0, 0.1) is 12.7 Å². The standard InChI is InChI=1S/C30H34FN7O4S/c1-19-14-22(31)6-9-25(19)43(40,41)30(10-11-30)26-15-27(38-12-13-42-18-20(38)2)36-28(35-26)21-4-7-23(8-5-21)33-29(39)34-24-16-32-37(3)17-24/h4-9,14-17,20,40-41H,10-13,18H2,1-3H3,(H2,33,34,39)/t20-/m0/s1. The Morgan fingerprint density at radius 1 is 1.09 bits per heavy atom. The zero-order chi connectivity index (χ0) is 30.4. The molecule has 13 heteroatoms. The van der Waals surface area contributed by atoms with Crippen molar-refractivity contribution >= 4 is 33.8 Å². The van der Waals surface area contributed by atoms with Gasteiger partial charge in [-0.25, -0.2) is 19.2 Å². The lowest BCUT2D eigenvalue weighted by Gasteiger charge is -2.42. The SMILES string of the molecule is Cc1cc(F)ccc1S(O)(O)C1(c2cc(N3CCOC[C@@H]3C)nc(-c3ccc(NC(=O)Nc4cnn(C)c4)cc3)n2)CC1. The number of anilines is 3. The summed E-state index contributed by atoms with van der Waals surface area (Å²) in [4.78, 5) is 24.7. The molecule has 1 aliphatic carbocycles. The number of benzene rings is 2. The highest BCUT2D eigenvalue weighted by molar-refractivity contribution is 8.25. The zero-order valence-corrected chi connectivity index (χ0v) is 24.9. The number of hydrogen-bond acceptors (Lipinski definition) is 8. The van der Waals surface area contributed by atoms with Gasteiger partial charge in [0.2, 0.25) is 0 Å². The Hall–Kier alpha value is -4.04. The first-order valence-corrected chi connectivity index (χ1v) is 15.6. The number of nitrogens with one attached hydrogen (secondary N) is 2. The Bertz CT molecular complexity index is 1660. The first-order valence-electron chi connectivity index (χ1n) is 14.0. The number of hydrogen-bond donors (Lipinski definition) is 4. The van der Waals surface area contributed by atoms with Crippen molar-refractivity contribution in [2.24, 2.45) is 7.05 Å². The maximum atomic E-state index is 13.9. The van der Waals surface area contributed by atoms with Crippen molar-refractivity contribution in [3.8, 4) is 11.4 Å². The van der Waals surface area contributed by atoms with Crippen LogP contribution in [0.4, 0.5) is 26.4 Å². The lowest BCUT2D eigenvalue weighted by molar-refractivity contribution is 0.0985. The number of morpholine rings is 1. The second-order valence-corrected chi connectivity index (χ2v) is 13.4. The third-order valence-corrected chi connectivity index (χ3v) is 10.7. The van der Waals surface area contributed by atoms with E-state index < -0.39 is 27.2 Å². The predicted molar refractivity (Wildman–Crippen MR) is 164 cm³/mol. The van der Waals surface area contributed by atoms with E-state index in [4.69, 9.17) is 14.7 Å². The molecule has 226 valence electrons. The molecule has 2 fully saturated rings. The maximum Gasteiger partial charge on any atom is 0.323 e. The Kier molecular flexibility index (Phi) is 7.59. The number of carbonyl (C=O) groups excluding carboxylic acids is 1. The Balaban J connectivity index is 1.34. The van der Waals surface area contributed by atoms with Gasteiger partial charge in [-0.05, 0) is 74.7 Å². The van der Waals surface area contributed by atoms with Crippen LogP contribution in [0.15, 0.2) is 65.8 Å². The fraction of sp³-hybridized carbons (Fsp3) is 0.333. The molecule has 0 radical (unpaired) electrons. The van der Waals surface area contributed by atoms with Gasteiger partial charge in [0, 0.05) is 37.1 Å². The summed E-state index contributed by atoms with van der Waals surface area (Å²) in [7, 11) is -1.63. The van der Waals surface area contributed by atoms with E-state index in [0.29, 0.717) is 77.3 Å². The first kappa shape index (κ1) is 29.1. The molecule has 1 saturated carbocycles. The minimum Gasteiger partial charge on any atom is -0.377 e. The summed E-state index contributed by atoms with van der Waals surface area (Å²) < 4.78 is 43.5. The molecule has 4 N–H and O–H groups in total. The molecule has 0 bridgehead atoms. The molecule has 2 amide bonds. The molecule has 3 heterocycles. The van der Waals surface area contributed by atoms with Crippen LogP contribution >= 0.6 is 10.6 Å². The monoisotopic (exact) mass is 607 g/mol. The van der Waals surface area contributed by atoms with Crippen LogP contribution in [0.3, 0.4) is 0 Å². The largest absolute Gasteiger partial charge is 0.377 e. The quantitative estimate of drug-likeness (QED) is 0.201.